The Bertz CT molecular complexity index is 381. The highest BCUT2D eigenvalue weighted by molar-refractivity contribution is 5.39. The fourth-order valence-electron chi connectivity index (χ4n) is 2.29. The number of aliphatic hydroxyl groups is 1. The number of ether oxygens (including phenoxy) is 2. The largest absolute Gasteiger partial charge is 0.491 e. The van der Waals surface area contributed by atoms with Crippen LogP contribution in [0, 0.1) is 0 Å². The van der Waals surface area contributed by atoms with E-state index in [4.69, 9.17) is 20.3 Å². The molecule has 18 heavy (non-hydrogen) atoms. The van der Waals surface area contributed by atoms with Gasteiger partial charge in [0.1, 0.15) is 12.4 Å². The number of rotatable bonds is 6. The Kier molecular flexibility index (Phi) is 4.99. The summed E-state index contributed by atoms with van der Waals surface area (Å²) in [7, 11) is 0. The molecule has 4 heteroatoms. The number of aryl methyl sites for hydroxylation is 1. The third-order valence-corrected chi connectivity index (χ3v) is 3.21. The van der Waals surface area contributed by atoms with Gasteiger partial charge in [-0.2, -0.15) is 0 Å². The average molecular weight is 251 g/mol. The summed E-state index contributed by atoms with van der Waals surface area (Å²) >= 11 is 0. The summed E-state index contributed by atoms with van der Waals surface area (Å²) in [6.45, 7) is 1.39. The first kappa shape index (κ1) is 13.3. The second-order valence-electron chi connectivity index (χ2n) is 4.54. The molecule has 0 saturated carbocycles. The van der Waals surface area contributed by atoms with E-state index in [-0.39, 0.29) is 12.6 Å². The van der Waals surface area contributed by atoms with Gasteiger partial charge in [0, 0.05) is 6.04 Å². The highest BCUT2D eigenvalue weighted by Crippen LogP contribution is 2.30. The Hall–Kier alpha value is -1.10. The minimum atomic E-state index is 0.0493. The molecule has 1 aliphatic carbocycles. The van der Waals surface area contributed by atoms with Gasteiger partial charge in [-0.25, -0.2) is 0 Å². The lowest BCUT2D eigenvalue weighted by molar-refractivity contribution is 0.0705. The smallest absolute Gasteiger partial charge is 0.119 e. The molecule has 0 radical (unpaired) electrons. The van der Waals surface area contributed by atoms with Crippen LogP contribution < -0.4 is 10.5 Å². The second-order valence-corrected chi connectivity index (χ2v) is 4.54. The summed E-state index contributed by atoms with van der Waals surface area (Å²) in [6.07, 6.45) is 3.34. The van der Waals surface area contributed by atoms with E-state index >= 15 is 0 Å². The van der Waals surface area contributed by atoms with E-state index in [1.807, 2.05) is 12.1 Å². The maximum Gasteiger partial charge on any atom is 0.119 e. The van der Waals surface area contributed by atoms with Crippen molar-refractivity contribution in [2.75, 3.05) is 26.4 Å². The Morgan fingerprint density at radius 2 is 2.17 bits per heavy atom. The quantitative estimate of drug-likeness (QED) is 0.750. The molecule has 1 atom stereocenters. The SMILES string of the molecule is N[C@@H]1CCCc2ccc(OCCOCCO)cc21. The lowest BCUT2D eigenvalue weighted by atomic mass is 9.88. The third kappa shape index (κ3) is 3.45. The topological polar surface area (TPSA) is 64.7 Å². The van der Waals surface area contributed by atoms with Crippen molar-refractivity contribution in [2.45, 2.75) is 25.3 Å². The van der Waals surface area contributed by atoms with Gasteiger partial charge in [-0.1, -0.05) is 6.07 Å². The van der Waals surface area contributed by atoms with Crippen molar-refractivity contribution in [3.8, 4) is 5.75 Å². The third-order valence-electron chi connectivity index (χ3n) is 3.21. The molecule has 1 aliphatic rings. The fourth-order valence-corrected chi connectivity index (χ4v) is 2.29. The van der Waals surface area contributed by atoms with Crippen molar-refractivity contribution >= 4 is 0 Å². The van der Waals surface area contributed by atoms with Gasteiger partial charge in [0.15, 0.2) is 0 Å². The Labute approximate surface area is 108 Å². The summed E-state index contributed by atoms with van der Waals surface area (Å²) < 4.78 is 10.7. The van der Waals surface area contributed by atoms with Crippen LogP contribution in [0.25, 0.3) is 0 Å². The summed E-state index contributed by atoms with van der Waals surface area (Å²) in [4.78, 5) is 0. The highest BCUT2D eigenvalue weighted by atomic mass is 16.5. The van der Waals surface area contributed by atoms with Gasteiger partial charge in [0.2, 0.25) is 0 Å². The van der Waals surface area contributed by atoms with Gasteiger partial charge in [0.05, 0.1) is 19.8 Å². The van der Waals surface area contributed by atoms with Crippen LogP contribution in [0.3, 0.4) is 0 Å². The standard InChI is InChI=1S/C14H21NO3/c15-14-3-1-2-11-4-5-12(10-13(11)14)18-9-8-17-7-6-16/h4-5,10,14,16H,1-3,6-9,15H2/t14-/m1/s1. The lowest BCUT2D eigenvalue weighted by Gasteiger charge is -2.22. The van der Waals surface area contributed by atoms with E-state index in [9.17, 15) is 0 Å². The van der Waals surface area contributed by atoms with Crippen LogP contribution >= 0.6 is 0 Å². The molecule has 0 unspecified atom stereocenters. The zero-order valence-electron chi connectivity index (χ0n) is 10.6. The molecule has 0 saturated heterocycles. The minimum Gasteiger partial charge on any atom is -0.491 e. The normalized spacial score (nSPS) is 18.4. The first-order valence-corrected chi connectivity index (χ1v) is 6.51. The highest BCUT2D eigenvalue weighted by Gasteiger charge is 2.17. The van der Waals surface area contributed by atoms with Gasteiger partial charge in [-0.3, -0.25) is 0 Å². The summed E-state index contributed by atoms with van der Waals surface area (Å²) in [5.74, 6) is 0.846. The van der Waals surface area contributed by atoms with E-state index < -0.39 is 0 Å². The Morgan fingerprint density at radius 1 is 1.28 bits per heavy atom. The molecule has 2 rings (SSSR count). The van der Waals surface area contributed by atoms with Crippen molar-refractivity contribution < 1.29 is 14.6 Å². The zero-order valence-corrected chi connectivity index (χ0v) is 10.6. The predicted octanol–water partition coefficient (Wildman–Crippen LogP) is 1.41. The molecule has 0 aliphatic heterocycles. The van der Waals surface area contributed by atoms with Crippen LogP contribution in [0.4, 0.5) is 0 Å². The van der Waals surface area contributed by atoms with E-state index in [0.29, 0.717) is 19.8 Å². The second kappa shape index (κ2) is 6.73. The number of nitrogens with two attached hydrogens (primary N) is 1. The Morgan fingerprint density at radius 3 is 3.00 bits per heavy atom. The van der Waals surface area contributed by atoms with E-state index in [2.05, 4.69) is 6.07 Å². The van der Waals surface area contributed by atoms with Gasteiger partial charge in [0.25, 0.3) is 0 Å². The minimum absolute atomic E-state index is 0.0493. The molecule has 4 nitrogen and oxygen atoms in total. The molecule has 1 aromatic rings. The van der Waals surface area contributed by atoms with Crippen LogP contribution in [-0.4, -0.2) is 31.5 Å². The Balaban J connectivity index is 1.88. The van der Waals surface area contributed by atoms with Crippen molar-refractivity contribution in [3.63, 3.8) is 0 Å². The van der Waals surface area contributed by atoms with Crippen molar-refractivity contribution in [1.82, 2.24) is 0 Å². The molecule has 100 valence electrons. The number of benzene rings is 1. The van der Waals surface area contributed by atoms with Crippen molar-refractivity contribution in [2.24, 2.45) is 5.73 Å². The summed E-state index contributed by atoms with van der Waals surface area (Å²) in [5.41, 5.74) is 8.66. The number of hydrogen-bond donors (Lipinski definition) is 2. The van der Waals surface area contributed by atoms with Gasteiger partial charge in [-0.15, -0.1) is 0 Å². The number of fused-ring (bicyclic) bond motifs is 1. The van der Waals surface area contributed by atoms with Crippen LogP contribution in [-0.2, 0) is 11.2 Å². The lowest BCUT2D eigenvalue weighted by Crippen LogP contribution is -2.17. The van der Waals surface area contributed by atoms with Crippen LogP contribution in [0.1, 0.15) is 30.0 Å². The maximum atomic E-state index is 8.56. The molecule has 0 aromatic heterocycles. The zero-order chi connectivity index (χ0) is 12.8. The van der Waals surface area contributed by atoms with E-state index in [1.54, 1.807) is 0 Å². The van der Waals surface area contributed by atoms with Gasteiger partial charge >= 0.3 is 0 Å². The maximum absolute atomic E-state index is 8.56. The molecule has 0 amide bonds. The van der Waals surface area contributed by atoms with Crippen molar-refractivity contribution in [1.29, 1.82) is 0 Å². The number of hydrogen-bond acceptors (Lipinski definition) is 4. The monoisotopic (exact) mass is 251 g/mol. The van der Waals surface area contributed by atoms with Crippen LogP contribution in [0.2, 0.25) is 0 Å². The van der Waals surface area contributed by atoms with Gasteiger partial charge in [-0.05, 0) is 42.5 Å². The van der Waals surface area contributed by atoms with Crippen LogP contribution in [0.5, 0.6) is 5.75 Å². The van der Waals surface area contributed by atoms with Crippen LogP contribution in [0.15, 0.2) is 18.2 Å². The molecule has 0 spiro atoms. The molecule has 1 aromatic carbocycles. The molecule has 3 N–H and O–H groups in total. The van der Waals surface area contributed by atoms with E-state index in [0.717, 1.165) is 18.6 Å². The number of aliphatic hydroxyl groups excluding tert-OH is 1. The molecule has 0 fully saturated rings. The molecule has 0 heterocycles. The van der Waals surface area contributed by atoms with Gasteiger partial charge < -0.3 is 20.3 Å². The molecular weight excluding hydrogens is 230 g/mol. The first-order valence-electron chi connectivity index (χ1n) is 6.51. The first-order chi connectivity index (χ1) is 8.81. The molecular formula is C14H21NO3. The predicted molar refractivity (Wildman–Crippen MR) is 69.7 cm³/mol. The summed E-state index contributed by atoms with van der Waals surface area (Å²) in [5, 5.41) is 8.56. The average Bonchev–Trinajstić information content (AvgIpc) is 2.39. The van der Waals surface area contributed by atoms with Crippen molar-refractivity contribution in [3.05, 3.63) is 29.3 Å². The summed E-state index contributed by atoms with van der Waals surface area (Å²) in [6, 6.07) is 6.29. The fraction of sp³-hybridized carbons (Fsp3) is 0.571. The molecule has 0 bridgehead atoms. The van der Waals surface area contributed by atoms with E-state index in [1.165, 1.54) is 17.5 Å².